The first-order chi connectivity index (χ1) is 11.0. The minimum Gasteiger partial charge on any atom is -0.464 e. The van der Waals surface area contributed by atoms with Gasteiger partial charge in [0.05, 0.1) is 6.61 Å². The van der Waals surface area contributed by atoms with Crippen LogP contribution in [0.25, 0.3) is 0 Å². The number of nitrogens with zero attached hydrogens (tertiary/aromatic N) is 2. The van der Waals surface area contributed by atoms with E-state index in [2.05, 4.69) is 0 Å². The molecule has 0 radical (unpaired) electrons. The van der Waals surface area contributed by atoms with Gasteiger partial charge in [-0.05, 0) is 5.56 Å². The SMILES string of the molecule is O=C1OCC[C@H]1N1CCN([C@H](c2ccccc2)C(F)(F)F)CC1. The summed E-state index contributed by atoms with van der Waals surface area (Å²) in [5.74, 6) is -0.256. The molecular formula is C16H19F3N2O2. The summed E-state index contributed by atoms with van der Waals surface area (Å²) in [7, 11) is 0. The van der Waals surface area contributed by atoms with Crippen molar-refractivity contribution in [2.75, 3.05) is 32.8 Å². The molecule has 2 aliphatic heterocycles. The Morgan fingerprint density at radius 2 is 1.74 bits per heavy atom. The van der Waals surface area contributed by atoms with E-state index in [1.807, 2.05) is 4.90 Å². The molecule has 0 N–H and O–H groups in total. The molecule has 2 saturated heterocycles. The van der Waals surface area contributed by atoms with Crippen LogP contribution in [-0.4, -0.2) is 60.8 Å². The van der Waals surface area contributed by atoms with Crippen molar-refractivity contribution in [2.45, 2.75) is 24.7 Å². The Morgan fingerprint density at radius 1 is 1.09 bits per heavy atom. The molecular weight excluding hydrogens is 309 g/mol. The molecule has 2 atom stereocenters. The number of rotatable bonds is 3. The summed E-state index contributed by atoms with van der Waals surface area (Å²) in [6.07, 6.45) is -3.70. The van der Waals surface area contributed by atoms with Crippen LogP contribution in [0, 0.1) is 0 Å². The summed E-state index contributed by atoms with van der Waals surface area (Å²) in [5, 5.41) is 0. The highest BCUT2D eigenvalue weighted by Crippen LogP contribution is 2.38. The molecule has 0 aromatic heterocycles. The summed E-state index contributed by atoms with van der Waals surface area (Å²) >= 11 is 0. The van der Waals surface area contributed by atoms with Crippen molar-refractivity contribution in [1.29, 1.82) is 0 Å². The van der Waals surface area contributed by atoms with Gasteiger partial charge in [0, 0.05) is 32.6 Å². The Labute approximate surface area is 132 Å². The fourth-order valence-corrected chi connectivity index (χ4v) is 3.37. The molecule has 4 nitrogen and oxygen atoms in total. The first kappa shape index (κ1) is 16.3. The average Bonchev–Trinajstić information content (AvgIpc) is 2.94. The molecule has 23 heavy (non-hydrogen) atoms. The number of ether oxygens (including phenoxy) is 1. The second-order valence-corrected chi connectivity index (χ2v) is 5.90. The maximum absolute atomic E-state index is 13.5. The number of alkyl halides is 3. The first-order valence-electron chi connectivity index (χ1n) is 7.73. The van der Waals surface area contributed by atoms with Gasteiger partial charge in [-0.2, -0.15) is 13.2 Å². The number of carbonyl (C=O) groups is 1. The quantitative estimate of drug-likeness (QED) is 0.797. The molecule has 2 aliphatic rings. The van der Waals surface area contributed by atoms with Crippen LogP contribution in [0.15, 0.2) is 30.3 Å². The third-order valence-corrected chi connectivity index (χ3v) is 4.49. The molecule has 2 fully saturated rings. The van der Waals surface area contributed by atoms with Gasteiger partial charge >= 0.3 is 12.1 Å². The number of piperazine rings is 1. The van der Waals surface area contributed by atoms with Crippen LogP contribution < -0.4 is 0 Å². The molecule has 2 heterocycles. The molecule has 0 unspecified atom stereocenters. The van der Waals surface area contributed by atoms with Gasteiger partial charge in [0.25, 0.3) is 0 Å². The van der Waals surface area contributed by atoms with E-state index in [0.29, 0.717) is 26.1 Å². The fourth-order valence-electron chi connectivity index (χ4n) is 3.37. The van der Waals surface area contributed by atoms with Crippen LogP contribution in [0.1, 0.15) is 18.0 Å². The maximum atomic E-state index is 13.5. The zero-order chi connectivity index (χ0) is 16.4. The Bertz CT molecular complexity index is 542. The van der Waals surface area contributed by atoms with Crippen molar-refractivity contribution in [2.24, 2.45) is 0 Å². The molecule has 0 saturated carbocycles. The Morgan fingerprint density at radius 3 is 2.26 bits per heavy atom. The van der Waals surface area contributed by atoms with Gasteiger partial charge in [-0.15, -0.1) is 0 Å². The minimum atomic E-state index is -4.32. The third kappa shape index (κ3) is 3.50. The molecule has 7 heteroatoms. The van der Waals surface area contributed by atoms with Crippen LogP contribution in [0.2, 0.25) is 0 Å². The lowest BCUT2D eigenvalue weighted by molar-refractivity contribution is -0.191. The molecule has 126 valence electrons. The number of carbonyl (C=O) groups excluding carboxylic acids is 1. The molecule has 0 aliphatic carbocycles. The van der Waals surface area contributed by atoms with Gasteiger partial charge in [-0.1, -0.05) is 30.3 Å². The van der Waals surface area contributed by atoms with Crippen molar-refractivity contribution < 1.29 is 22.7 Å². The first-order valence-corrected chi connectivity index (χ1v) is 7.73. The largest absolute Gasteiger partial charge is 0.464 e. The number of esters is 1. The Hall–Kier alpha value is -1.60. The molecule has 0 bridgehead atoms. The van der Waals surface area contributed by atoms with Gasteiger partial charge in [-0.3, -0.25) is 14.6 Å². The van der Waals surface area contributed by atoms with E-state index < -0.39 is 12.2 Å². The predicted octanol–water partition coefficient (Wildman–Crippen LogP) is 2.22. The normalized spacial score (nSPS) is 25.3. The summed E-state index contributed by atoms with van der Waals surface area (Å²) in [6.45, 7) is 1.85. The van der Waals surface area contributed by atoms with E-state index in [0.717, 1.165) is 0 Å². The highest BCUT2D eigenvalue weighted by molar-refractivity contribution is 5.77. The van der Waals surface area contributed by atoms with Crippen molar-refractivity contribution >= 4 is 5.97 Å². The molecule has 1 aromatic rings. The van der Waals surface area contributed by atoms with Crippen molar-refractivity contribution in [3.05, 3.63) is 35.9 Å². The number of halogens is 3. The van der Waals surface area contributed by atoms with Gasteiger partial charge in [0.1, 0.15) is 12.1 Å². The zero-order valence-corrected chi connectivity index (χ0v) is 12.6. The molecule has 3 rings (SSSR count). The van der Waals surface area contributed by atoms with Crippen molar-refractivity contribution in [3.63, 3.8) is 0 Å². The number of benzene rings is 1. The van der Waals surface area contributed by atoms with Crippen LogP contribution >= 0.6 is 0 Å². The topological polar surface area (TPSA) is 32.8 Å². The second kappa shape index (κ2) is 6.49. The van der Waals surface area contributed by atoms with E-state index in [4.69, 9.17) is 4.74 Å². The average molecular weight is 328 g/mol. The second-order valence-electron chi connectivity index (χ2n) is 5.90. The van der Waals surface area contributed by atoms with Gasteiger partial charge < -0.3 is 4.74 Å². The van der Waals surface area contributed by atoms with Gasteiger partial charge in [0.2, 0.25) is 0 Å². The third-order valence-electron chi connectivity index (χ3n) is 4.49. The van der Waals surface area contributed by atoms with E-state index in [9.17, 15) is 18.0 Å². The van der Waals surface area contributed by atoms with E-state index in [-0.39, 0.29) is 30.7 Å². The summed E-state index contributed by atoms with van der Waals surface area (Å²) < 4.78 is 45.5. The highest BCUT2D eigenvalue weighted by Gasteiger charge is 2.46. The van der Waals surface area contributed by atoms with E-state index in [1.54, 1.807) is 18.2 Å². The minimum absolute atomic E-state index is 0.256. The number of cyclic esters (lactones) is 1. The summed E-state index contributed by atoms with van der Waals surface area (Å²) in [6, 6.07) is 6.09. The smallest absolute Gasteiger partial charge is 0.408 e. The van der Waals surface area contributed by atoms with Crippen molar-refractivity contribution in [3.8, 4) is 0 Å². The fraction of sp³-hybridized carbons (Fsp3) is 0.562. The number of hydrogen-bond donors (Lipinski definition) is 0. The molecule has 0 spiro atoms. The van der Waals surface area contributed by atoms with Crippen molar-refractivity contribution in [1.82, 2.24) is 9.80 Å². The lowest BCUT2D eigenvalue weighted by Gasteiger charge is -2.41. The van der Waals surface area contributed by atoms with E-state index >= 15 is 0 Å². The monoisotopic (exact) mass is 328 g/mol. The lowest BCUT2D eigenvalue weighted by atomic mass is 10.0. The molecule has 1 aromatic carbocycles. The summed E-state index contributed by atoms with van der Waals surface area (Å²) in [5.41, 5.74) is 0.258. The van der Waals surface area contributed by atoms with Crippen LogP contribution in [-0.2, 0) is 9.53 Å². The van der Waals surface area contributed by atoms with Crippen LogP contribution in [0.4, 0.5) is 13.2 Å². The summed E-state index contributed by atoms with van der Waals surface area (Å²) in [4.78, 5) is 15.0. The number of hydrogen-bond acceptors (Lipinski definition) is 4. The van der Waals surface area contributed by atoms with Crippen LogP contribution in [0.3, 0.4) is 0 Å². The lowest BCUT2D eigenvalue weighted by Crippen LogP contribution is -2.54. The van der Waals surface area contributed by atoms with Gasteiger partial charge in [0.15, 0.2) is 0 Å². The Kier molecular flexibility index (Phi) is 4.59. The van der Waals surface area contributed by atoms with E-state index in [1.165, 1.54) is 17.0 Å². The Balaban J connectivity index is 1.70. The molecule has 0 amide bonds. The maximum Gasteiger partial charge on any atom is 0.408 e. The zero-order valence-electron chi connectivity index (χ0n) is 12.6. The predicted molar refractivity (Wildman–Crippen MR) is 77.7 cm³/mol. The van der Waals surface area contributed by atoms with Crippen LogP contribution in [0.5, 0.6) is 0 Å². The highest BCUT2D eigenvalue weighted by atomic mass is 19.4. The van der Waals surface area contributed by atoms with Gasteiger partial charge in [-0.25, -0.2) is 0 Å². The standard InChI is InChI=1S/C16H19F3N2O2/c17-16(18,19)14(12-4-2-1-3-5-12)21-9-7-20(8-10-21)13-6-11-23-15(13)22/h1-5,13-14H,6-11H2/t13-,14-/m1/s1.